The number of ether oxygens (including phenoxy) is 1. The van der Waals surface area contributed by atoms with E-state index in [1.807, 2.05) is 0 Å². The zero-order chi connectivity index (χ0) is 29.0. The van der Waals surface area contributed by atoms with Crippen LogP contribution in [0.2, 0.25) is 0 Å². The van der Waals surface area contributed by atoms with Crippen LogP contribution in [0.5, 0.6) is 0 Å². The van der Waals surface area contributed by atoms with Crippen molar-refractivity contribution in [1.29, 1.82) is 0 Å². The van der Waals surface area contributed by atoms with Crippen LogP contribution < -0.4 is 15.5 Å². The molecule has 13 heteroatoms. The quantitative estimate of drug-likeness (QED) is 0.290. The molecule has 2 aromatic carbocycles. The molecular weight excluding hydrogens is 539 g/mol. The third kappa shape index (κ3) is 6.64. The van der Waals surface area contributed by atoms with Crippen molar-refractivity contribution in [2.75, 3.05) is 48.4 Å². The van der Waals surface area contributed by atoms with Crippen molar-refractivity contribution >= 4 is 23.2 Å². The Morgan fingerprint density at radius 3 is 2.66 bits per heavy atom. The summed E-state index contributed by atoms with van der Waals surface area (Å²) >= 11 is 0. The maximum atomic E-state index is 13.9. The van der Waals surface area contributed by atoms with Gasteiger partial charge in [0.1, 0.15) is 11.6 Å². The highest BCUT2D eigenvalue weighted by atomic mass is 19.4. The number of carbonyl (C=O) groups excluding carboxylic acids is 1. The Hall–Kier alpha value is -4.49. The molecule has 10 nitrogen and oxygen atoms in total. The van der Waals surface area contributed by atoms with Gasteiger partial charge >= 0.3 is 6.18 Å². The Kier molecular flexibility index (Phi) is 8.17. The standard InChI is InChI=1S/C28H28F3N7O3/c1-18(39)17-34-27-33-8-7-24(36-27)38-10-9-32-25(38)19-3-2-4-21(15-19)35-26(40)20-5-6-23(22(16-20)28(29,30)31)37-11-13-41-14-12-37/h2-10,15-16,18,39H,11-14,17H2,1H3,(H,35,40)(H,33,34,36)/t18-/m0/s1. The van der Waals surface area contributed by atoms with Gasteiger partial charge < -0.3 is 25.4 Å². The molecule has 1 amide bonds. The number of benzene rings is 2. The van der Waals surface area contributed by atoms with Crippen LogP contribution in [0.1, 0.15) is 22.8 Å². The highest BCUT2D eigenvalue weighted by Gasteiger charge is 2.36. The minimum absolute atomic E-state index is 0.0279. The highest BCUT2D eigenvalue weighted by Crippen LogP contribution is 2.38. The van der Waals surface area contributed by atoms with Gasteiger partial charge in [0.25, 0.3) is 5.91 Å². The number of nitrogens with one attached hydrogen (secondary N) is 2. The molecule has 0 saturated carbocycles. The molecule has 5 rings (SSSR count). The lowest BCUT2D eigenvalue weighted by Gasteiger charge is -2.31. The molecule has 1 aliphatic rings. The van der Waals surface area contributed by atoms with Crippen molar-refractivity contribution in [3.63, 3.8) is 0 Å². The van der Waals surface area contributed by atoms with Crippen molar-refractivity contribution in [3.8, 4) is 17.2 Å². The first-order valence-corrected chi connectivity index (χ1v) is 12.9. The number of imidazole rings is 1. The predicted molar refractivity (Wildman–Crippen MR) is 147 cm³/mol. The minimum atomic E-state index is -4.63. The number of aromatic nitrogens is 4. The molecule has 2 aromatic heterocycles. The summed E-state index contributed by atoms with van der Waals surface area (Å²) in [6, 6.07) is 12.1. The highest BCUT2D eigenvalue weighted by molar-refractivity contribution is 6.05. The number of morpholine rings is 1. The Morgan fingerprint density at radius 2 is 1.90 bits per heavy atom. The van der Waals surface area contributed by atoms with E-state index < -0.39 is 23.8 Å². The maximum absolute atomic E-state index is 13.9. The van der Waals surface area contributed by atoms with Crippen molar-refractivity contribution in [1.82, 2.24) is 19.5 Å². The maximum Gasteiger partial charge on any atom is 0.418 e. The fourth-order valence-electron chi connectivity index (χ4n) is 4.43. The molecule has 0 aliphatic carbocycles. The topological polar surface area (TPSA) is 117 Å². The summed E-state index contributed by atoms with van der Waals surface area (Å²) in [6.07, 6.45) is -0.317. The summed E-state index contributed by atoms with van der Waals surface area (Å²) in [7, 11) is 0. The average molecular weight is 568 g/mol. The Bertz CT molecular complexity index is 1520. The second kappa shape index (κ2) is 11.9. The molecule has 214 valence electrons. The number of hydrogen-bond acceptors (Lipinski definition) is 8. The molecule has 1 aliphatic heterocycles. The lowest BCUT2D eigenvalue weighted by Crippen LogP contribution is -2.37. The molecule has 0 unspecified atom stereocenters. The van der Waals surface area contributed by atoms with Crippen LogP contribution >= 0.6 is 0 Å². The van der Waals surface area contributed by atoms with Gasteiger partial charge in [-0.15, -0.1) is 0 Å². The number of anilines is 3. The number of carbonyl (C=O) groups is 1. The number of amides is 1. The van der Waals surface area contributed by atoms with Crippen molar-refractivity contribution in [2.45, 2.75) is 19.2 Å². The van der Waals surface area contributed by atoms with Crippen LogP contribution in [-0.4, -0.2) is 69.5 Å². The summed E-state index contributed by atoms with van der Waals surface area (Å²) < 4.78 is 48.8. The van der Waals surface area contributed by atoms with Gasteiger partial charge in [-0.1, -0.05) is 12.1 Å². The van der Waals surface area contributed by atoms with Crippen LogP contribution in [0.15, 0.2) is 67.1 Å². The lowest BCUT2D eigenvalue weighted by atomic mass is 10.1. The summed E-state index contributed by atoms with van der Waals surface area (Å²) in [5.41, 5.74) is 0.0768. The fourth-order valence-corrected chi connectivity index (χ4v) is 4.43. The van der Waals surface area contributed by atoms with Gasteiger partial charge in [-0.25, -0.2) is 9.97 Å². The Balaban J connectivity index is 1.37. The average Bonchev–Trinajstić information content (AvgIpc) is 3.46. The third-order valence-electron chi connectivity index (χ3n) is 6.38. The Labute approximate surface area is 233 Å². The molecule has 1 atom stereocenters. The molecule has 41 heavy (non-hydrogen) atoms. The lowest BCUT2D eigenvalue weighted by molar-refractivity contribution is -0.137. The van der Waals surface area contributed by atoms with E-state index in [1.165, 1.54) is 12.1 Å². The number of hydrogen-bond donors (Lipinski definition) is 3. The molecule has 0 spiro atoms. The summed E-state index contributed by atoms with van der Waals surface area (Å²) in [5, 5.41) is 15.2. The fraction of sp³-hybridized carbons (Fsp3) is 0.286. The van der Waals surface area contributed by atoms with E-state index in [1.54, 1.807) is 65.3 Å². The van der Waals surface area contributed by atoms with Crippen LogP contribution in [0.4, 0.5) is 30.5 Å². The van der Waals surface area contributed by atoms with Crippen LogP contribution in [0.3, 0.4) is 0 Å². The summed E-state index contributed by atoms with van der Waals surface area (Å²) in [5.74, 6) is 0.710. The molecule has 1 saturated heterocycles. The summed E-state index contributed by atoms with van der Waals surface area (Å²) in [6.45, 7) is 3.28. The second-order valence-corrected chi connectivity index (χ2v) is 9.45. The first-order valence-electron chi connectivity index (χ1n) is 12.9. The smallest absolute Gasteiger partial charge is 0.392 e. The van der Waals surface area contributed by atoms with E-state index in [0.717, 1.165) is 6.07 Å². The van der Waals surface area contributed by atoms with E-state index >= 15 is 0 Å². The van der Waals surface area contributed by atoms with E-state index in [9.17, 15) is 23.1 Å². The van der Waals surface area contributed by atoms with Crippen molar-refractivity contribution < 1.29 is 27.8 Å². The predicted octanol–water partition coefficient (Wildman–Crippen LogP) is 4.23. The third-order valence-corrected chi connectivity index (χ3v) is 6.38. The van der Waals surface area contributed by atoms with E-state index in [2.05, 4.69) is 25.6 Å². The van der Waals surface area contributed by atoms with Crippen LogP contribution in [0, 0.1) is 0 Å². The zero-order valence-electron chi connectivity index (χ0n) is 22.1. The molecule has 0 radical (unpaired) electrons. The molecule has 4 aromatic rings. The molecule has 3 N–H and O–H groups in total. The SMILES string of the molecule is C[C@H](O)CNc1nccc(-n2ccnc2-c2cccc(NC(=O)c3ccc(N4CCOCC4)c(C(F)(F)F)c3)c2)n1. The molecular formula is C28H28F3N7O3. The number of alkyl halides is 3. The van der Waals surface area contributed by atoms with Gasteiger partial charge in [-0.2, -0.15) is 18.2 Å². The van der Waals surface area contributed by atoms with Crippen molar-refractivity contribution in [3.05, 3.63) is 78.2 Å². The van der Waals surface area contributed by atoms with Gasteiger partial charge in [0, 0.05) is 60.7 Å². The van der Waals surface area contributed by atoms with Crippen LogP contribution in [-0.2, 0) is 10.9 Å². The number of halogens is 3. The van der Waals surface area contributed by atoms with Gasteiger partial charge in [0.2, 0.25) is 5.95 Å². The first-order chi connectivity index (χ1) is 19.7. The first kappa shape index (κ1) is 28.1. The van der Waals surface area contributed by atoms with E-state index in [0.29, 0.717) is 55.1 Å². The summed E-state index contributed by atoms with van der Waals surface area (Å²) in [4.78, 5) is 27.7. The van der Waals surface area contributed by atoms with Gasteiger partial charge in [0.15, 0.2) is 0 Å². The number of aliphatic hydroxyl groups is 1. The number of nitrogens with zero attached hydrogens (tertiary/aromatic N) is 5. The Morgan fingerprint density at radius 1 is 1.10 bits per heavy atom. The second-order valence-electron chi connectivity index (χ2n) is 9.45. The van der Waals surface area contributed by atoms with Crippen molar-refractivity contribution in [2.24, 2.45) is 0 Å². The van der Waals surface area contributed by atoms with E-state index in [4.69, 9.17) is 4.74 Å². The molecule has 1 fully saturated rings. The monoisotopic (exact) mass is 567 g/mol. The minimum Gasteiger partial charge on any atom is -0.392 e. The number of rotatable bonds is 8. The molecule has 3 heterocycles. The normalized spacial score (nSPS) is 14.5. The molecule has 0 bridgehead atoms. The zero-order valence-corrected chi connectivity index (χ0v) is 22.1. The number of aliphatic hydroxyl groups excluding tert-OH is 1. The van der Waals surface area contributed by atoms with Gasteiger partial charge in [0.05, 0.1) is 24.9 Å². The van der Waals surface area contributed by atoms with E-state index in [-0.39, 0.29) is 17.8 Å². The largest absolute Gasteiger partial charge is 0.418 e. The van der Waals surface area contributed by atoms with Gasteiger partial charge in [-0.05, 0) is 43.3 Å². The van der Waals surface area contributed by atoms with Crippen LogP contribution in [0.25, 0.3) is 17.2 Å². The van der Waals surface area contributed by atoms with Gasteiger partial charge in [-0.3, -0.25) is 9.36 Å².